The first-order valence-corrected chi connectivity index (χ1v) is 11.6. The van der Waals surface area contributed by atoms with E-state index >= 15 is 0 Å². The number of benzene rings is 1. The Kier molecular flexibility index (Phi) is 6.54. The van der Waals surface area contributed by atoms with Crippen LogP contribution in [0.1, 0.15) is 12.8 Å². The molecule has 13 heteroatoms. The molecule has 37 heavy (non-hydrogen) atoms. The molecule has 3 heterocycles. The summed E-state index contributed by atoms with van der Waals surface area (Å²) in [6.45, 7) is 2.16. The summed E-state index contributed by atoms with van der Waals surface area (Å²) in [5.74, 6) is -2.22. The number of pyridine rings is 1. The molecule has 2 N–H and O–H groups in total. The Morgan fingerprint density at radius 1 is 1.16 bits per heavy atom. The summed E-state index contributed by atoms with van der Waals surface area (Å²) in [7, 11) is 1.41. The van der Waals surface area contributed by atoms with Gasteiger partial charge in [-0.2, -0.15) is 13.2 Å². The van der Waals surface area contributed by atoms with E-state index in [1.165, 1.54) is 50.5 Å². The molecule has 1 aromatic carbocycles. The van der Waals surface area contributed by atoms with Crippen LogP contribution in [0.15, 0.2) is 36.7 Å². The number of aromatic hydroxyl groups is 1. The van der Waals surface area contributed by atoms with Gasteiger partial charge in [-0.25, -0.2) is 14.8 Å². The maximum absolute atomic E-state index is 13.0. The molecular weight excluding hydrogens is 493 g/mol. The van der Waals surface area contributed by atoms with Crippen molar-refractivity contribution in [3.63, 3.8) is 0 Å². The molecule has 0 radical (unpaired) electrons. The van der Waals surface area contributed by atoms with Crippen LogP contribution in [0, 0.1) is 5.92 Å². The van der Waals surface area contributed by atoms with Crippen molar-refractivity contribution in [3.8, 4) is 39.8 Å². The second-order valence-electron chi connectivity index (χ2n) is 8.83. The molecule has 1 aliphatic heterocycles. The molecule has 194 valence electrons. The third-order valence-corrected chi connectivity index (χ3v) is 6.28. The monoisotopic (exact) mass is 516 g/mol. The number of halogens is 3. The molecule has 1 saturated carbocycles. The fourth-order valence-corrected chi connectivity index (χ4v) is 4.27. The molecule has 1 aliphatic carbocycles. The Hall–Kier alpha value is -4.00. The van der Waals surface area contributed by atoms with E-state index in [1.807, 2.05) is 4.90 Å². The van der Waals surface area contributed by atoms with Gasteiger partial charge in [0, 0.05) is 37.9 Å². The second kappa shape index (κ2) is 9.81. The highest BCUT2D eigenvalue weighted by molar-refractivity contribution is 5.85. The lowest BCUT2D eigenvalue weighted by Crippen LogP contribution is -2.52. The molecule has 1 atom stereocenters. The van der Waals surface area contributed by atoms with Gasteiger partial charge in [0.25, 0.3) is 0 Å². The highest BCUT2D eigenvalue weighted by atomic mass is 19.4. The largest absolute Gasteiger partial charge is 0.507 e. The molecule has 1 saturated heterocycles. The maximum Gasteiger partial charge on any atom is 0.491 e. The van der Waals surface area contributed by atoms with Crippen LogP contribution in [-0.2, 0) is 4.79 Å². The van der Waals surface area contributed by atoms with Crippen LogP contribution in [0.5, 0.6) is 17.4 Å². The van der Waals surface area contributed by atoms with Gasteiger partial charge < -0.3 is 24.8 Å². The van der Waals surface area contributed by atoms with Gasteiger partial charge in [-0.3, -0.25) is 0 Å². The second-order valence-corrected chi connectivity index (χ2v) is 8.83. The number of anilines is 1. The first-order chi connectivity index (χ1) is 17.7. The molecule has 3 aromatic rings. The van der Waals surface area contributed by atoms with Crippen LogP contribution in [-0.4, -0.2) is 70.2 Å². The highest BCUT2D eigenvalue weighted by Crippen LogP contribution is 2.42. The number of carbonyl (C=O) groups excluding carboxylic acids is 1. The van der Waals surface area contributed by atoms with Crippen LogP contribution in [0.25, 0.3) is 22.4 Å². The van der Waals surface area contributed by atoms with Crippen molar-refractivity contribution < 1.29 is 32.5 Å². The summed E-state index contributed by atoms with van der Waals surface area (Å²) < 4.78 is 48.8. The van der Waals surface area contributed by atoms with Crippen molar-refractivity contribution in [1.29, 1.82) is 0 Å². The minimum Gasteiger partial charge on any atom is -0.507 e. The molecule has 2 aromatic heterocycles. The summed E-state index contributed by atoms with van der Waals surface area (Å²) in [5.41, 5.74) is 0.418. The number of nitrogens with zero attached hydrogens (tertiary/aromatic N) is 5. The van der Waals surface area contributed by atoms with E-state index in [-0.39, 0.29) is 22.7 Å². The molecule has 2 fully saturated rings. The molecule has 0 spiro atoms. The first kappa shape index (κ1) is 24.7. The number of piperazine rings is 1. The van der Waals surface area contributed by atoms with Crippen molar-refractivity contribution in [1.82, 2.24) is 25.5 Å². The smallest absolute Gasteiger partial charge is 0.491 e. The number of phenolic OH excluding ortho intramolecular Hbond substituents is 1. The number of methoxy groups -OCH3 is 1. The number of phenols is 1. The van der Waals surface area contributed by atoms with Gasteiger partial charge in [-0.1, -0.05) is 0 Å². The summed E-state index contributed by atoms with van der Waals surface area (Å²) in [6, 6.07) is 5.92. The number of nitrogens with one attached hydrogen (secondary N) is 1. The number of rotatable bonds is 6. The van der Waals surface area contributed by atoms with Gasteiger partial charge in [0.05, 0.1) is 18.9 Å². The van der Waals surface area contributed by atoms with E-state index in [1.54, 1.807) is 6.07 Å². The zero-order chi connectivity index (χ0) is 26.2. The van der Waals surface area contributed by atoms with E-state index in [0.717, 1.165) is 13.1 Å². The third-order valence-electron chi connectivity index (χ3n) is 6.28. The Labute approximate surface area is 209 Å². The van der Waals surface area contributed by atoms with Crippen molar-refractivity contribution in [2.24, 2.45) is 5.92 Å². The average molecular weight is 516 g/mol. The van der Waals surface area contributed by atoms with Crippen molar-refractivity contribution in [3.05, 3.63) is 36.7 Å². The molecule has 0 amide bonds. The van der Waals surface area contributed by atoms with Crippen molar-refractivity contribution >= 4 is 11.9 Å². The van der Waals surface area contributed by atoms with E-state index in [2.05, 4.69) is 30.2 Å². The number of ether oxygens (including phenoxy) is 2. The minimum atomic E-state index is -5.25. The van der Waals surface area contributed by atoms with Gasteiger partial charge in [0.2, 0.25) is 11.8 Å². The maximum atomic E-state index is 13.0. The van der Waals surface area contributed by atoms with E-state index in [4.69, 9.17) is 4.74 Å². The van der Waals surface area contributed by atoms with Gasteiger partial charge in [-0.15, -0.1) is 10.2 Å². The van der Waals surface area contributed by atoms with Crippen LogP contribution in [0.4, 0.5) is 19.1 Å². The average Bonchev–Trinajstić information content (AvgIpc) is 3.74. The van der Waals surface area contributed by atoms with Crippen molar-refractivity contribution in [2.45, 2.75) is 25.1 Å². The zero-order valence-electron chi connectivity index (χ0n) is 19.7. The van der Waals surface area contributed by atoms with Crippen LogP contribution in [0.3, 0.4) is 0 Å². The minimum absolute atomic E-state index is 0.0565. The predicted octanol–water partition coefficient (Wildman–Crippen LogP) is 2.97. The quantitative estimate of drug-likeness (QED) is 0.373. The summed E-state index contributed by atoms with van der Waals surface area (Å²) in [6.07, 6.45) is -0.170. The number of carbonyl (C=O) groups is 1. The number of alkyl halides is 3. The Bertz CT molecular complexity index is 1300. The molecule has 0 bridgehead atoms. The Morgan fingerprint density at radius 3 is 2.65 bits per heavy atom. The Balaban J connectivity index is 1.49. The number of aromatic nitrogens is 4. The van der Waals surface area contributed by atoms with Gasteiger partial charge in [0.15, 0.2) is 0 Å². The van der Waals surface area contributed by atoms with Crippen molar-refractivity contribution in [2.75, 3.05) is 31.6 Å². The lowest BCUT2D eigenvalue weighted by Gasteiger charge is -2.33. The normalized spacial score (nSPS) is 17.9. The SMILES string of the molecule is COc1cc(-c2cc(O)c(-c3cnc(N4CCN[C@@H](C5CC5)C4)nn3)c(OC(=O)C(F)(F)F)c2)ccn1. The lowest BCUT2D eigenvalue weighted by atomic mass is 10.0. The van der Waals surface area contributed by atoms with E-state index in [0.29, 0.717) is 30.0 Å². The van der Waals surface area contributed by atoms with Gasteiger partial charge >= 0.3 is 12.1 Å². The third kappa shape index (κ3) is 5.40. The van der Waals surface area contributed by atoms with E-state index in [9.17, 15) is 23.1 Å². The van der Waals surface area contributed by atoms with E-state index < -0.39 is 23.6 Å². The summed E-state index contributed by atoms with van der Waals surface area (Å²) in [5, 5.41) is 22.5. The number of hydrogen-bond acceptors (Lipinski definition) is 10. The summed E-state index contributed by atoms with van der Waals surface area (Å²) in [4.78, 5) is 22.0. The molecule has 5 rings (SSSR count). The van der Waals surface area contributed by atoms with Crippen LogP contribution >= 0.6 is 0 Å². The molecular formula is C24H23F3N6O4. The first-order valence-electron chi connectivity index (χ1n) is 11.6. The topological polar surface area (TPSA) is 123 Å². The lowest BCUT2D eigenvalue weighted by molar-refractivity contribution is -0.189. The zero-order valence-corrected chi connectivity index (χ0v) is 19.7. The summed E-state index contributed by atoms with van der Waals surface area (Å²) >= 11 is 0. The molecule has 10 nitrogen and oxygen atoms in total. The number of hydrogen-bond donors (Lipinski definition) is 2. The molecule has 2 aliphatic rings. The van der Waals surface area contributed by atoms with Gasteiger partial charge in [-0.05, 0) is 48.1 Å². The molecule has 0 unspecified atom stereocenters. The number of esters is 1. The fraction of sp³-hybridized carbons (Fsp3) is 0.375. The van der Waals surface area contributed by atoms with Crippen LogP contribution < -0.4 is 19.7 Å². The van der Waals surface area contributed by atoms with Crippen LogP contribution in [0.2, 0.25) is 0 Å². The van der Waals surface area contributed by atoms with Gasteiger partial charge in [0.1, 0.15) is 17.2 Å². The predicted molar refractivity (Wildman–Crippen MR) is 125 cm³/mol. The Morgan fingerprint density at radius 2 is 1.97 bits per heavy atom. The standard InChI is InChI=1S/C24H23F3N6O4/c1-36-20-10-14(4-5-29-20)15-8-18(34)21(19(9-15)37-22(35)24(25,26)27)16-11-30-23(32-31-16)33-7-6-28-17(12-33)13-2-3-13/h4-5,8-11,13,17,28,34H,2-3,6-7,12H2,1H3/t17-/m1/s1. The highest BCUT2D eigenvalue weighted by Gasteiger charge is 2.42. The fourth-order valence-electron chi connectivity index (χ4n) is 4.27.